The third-order valence-electron chi connectivity index (χ3n) is 5.37. The zero-order valence-corrected chi connectivity index (χ0v) is 15.4. The van der Waals surface area contributed by atoms with Gasteiger partial charge in [0.1, 0.15) is 11.5 Å². The number of hydrogen-bond acceptors (Lipinski definition) is 4. The van der Waals surface area contributed by atoms with Crippen molar-refractivity contribution in [2.75, 3.05) is 19.6 Å². The maximum absolute atomic E-state index is 12.8. The number of carbonyl (C=O) groups excluding carboxylic acids is 1. The number of piperidine rings is 1. The number of nitrogens with one attached hydrogen (secondary N) is 1. The van der Waals surface area contributed by atoms with Crippen molar-refractivity contribution in [1.82, 2.24) is 20.0 Å². The summed E-state index contributed by atoms with van der Waals surface area (Å²) >= 11 is 0. The van der Waals surface area contributed by atoms with Crippen molar-refractivity contribution in [3.63, 3.8) is 0 Å². The summed E-state index contributed by atoms with van der Waals surface area (Å²) in [5.41, 5.74) is 2.15. The van der Waals surface area contributed by atoms with Crippen LogP contribution in [0.1, 0.15) is 32.4 Å². The zero-order chi connectivity index (χ0) is 18.1. The average molecular weight is 354 g/mol. The monoisotopic (exact) mass is 354 g/mol. The highest BCUT2D eigenvalue weighted by atomic mass is 16.3. The molecule has 3 aliphatic rings. The standard InChI is InChI=1S/C20H26N4O2/c1-14(2)8-10-24-16-4-3-15(20(24)25)11-23(12-16)13-17-5-6-19(26-17)18-7-9-21-22-18/h5-9,15-16H,3-4,10-13H2,1-2H3,(H,21,22)/t15-,16+/m0/s1. The second-order valence-electron chi connectivity index (χ2n) is 7.63. The maximum Gasteiger partial charge on any atom is 0.227 e. The molecule has 3 saturated heterocycles. The fourth-order valence-corrected chi connectivity index (χ4v) is 4.00. The molecule has 6 heteroatoms. The molecule has 2 bridgehead atoms. The van der Waals surface area contributed by atoms with Gasteiger partial charge in [-0.15, -0.1) is 0 Å². The Kier molecular flexibility index (Phi) is 4.68. The molecule has 5 heterocycles. The first kappa shape index (κ1) is 17.1. The van der Waals surface area contributed by atoms with Gasteiger partial charge in [-0.25, -0.2) is 0 Å². The van der Waals surface area contributed by atoms with Crippen LogP contribution in [-0.4, -0.2) is 51.6 Å². The third-order valence-corrected chi connectivity index (χ3v) is 5.37. The minimum absolute atomic E-state index is 0.112. The summed E-state index contributed by atoms with van der Waals surface area (Å²) in [7, 11) is 0. The van der Waals surface area contributed by atoms with Gasteiger partial charge < -0.3 is 9.32 Å². The molecule has 26 heavy (non-hydrogen) atoms. The SMILES string of the molecule is CC(C)=CCN1C(=O)[C@H]2CC[C@@H]1CN(Cc1ccc(-c3ccn[nH]3)o1)C2. The second-order valence-corrected chi connectivity index (χ2v) is 7.63. The molecule has 0 spiro atoms. The van der Waals surface area contributed by atoms with Gasteiger partial charge >= 0.3 is 0 Å². The van der Waals surface area contributed by atoms with E-state index in [1.165, 1.54) is 5.57 Å². The van der Waals surface area contributed by atoms with E-state index in [4.69, 9.17) is 4.42 Å². The maximum atomic E-state index is 12.8. The predicted molar refractivity (Wildman–Crippen MR) is 99.2 cm³/mol. The van der Waals surface area contributed by atoms with E-state index in [-0.39, 0.29) is 5.92 Å². The quantitative estimate of drug-likeness (QED) is 0.838. The Bertz CT molecular complexity index is 789. The number of amides is 1. The first-order valence-electron chi connectivity index (χ1n) is 9.35. The predicted octanol–water partition coefficient (Wildman–Crippen LogP) is 3.06. The zero-order valence-electron chi connectivity index (χ0n) is 15.4. The van der Waals surface area contributed by atoms with Gasteiger partial charge in [-0.1, -0.05) is 11.6 Å². The van der Waals surface area contributed by atoms with Gasteiger partial charge in [0.2, 0.25) is 5.91 Å². The minimum Gasteiger partial charge on any atom is -0.458 e. The highest BCUT2D eigenvalue weighted by molar-refractivity contribution is 5.80. The van der Waals surface area contributed by atoms with Crippen LogP contribution in [0.25, 0.3) is 11.5 Å². The Morgan fingerprint density at radius 2 is 2.19 bits per heavy atom. The lowest BCUT2D eigenvalue weighted by Crippen LogP contribution is -2.47. The normalized spacial score (nSPS) is 23.3. The summed E-state index contributed by atoms with van der Waals surface area (Å²) in [5.74, 6) is 2.16. The number of allylic oxidation sites excluding steroid dienone is 1. The Morgan fingerprint density at radius 3 is 2.96 bits per heavy atom. The lowest BCUT2D eigenvalue weighted by atomic mass is 9.94. The summed E-state index contributed by atoms with van der Waals surface area (Å²) in [6.07, 6.45) is 5.98. The minimum atomic E-state index is 0.112. The van der Waals surface area contributed by atoms with Crippen molar-refractivity contribution < 1.29 is 9.21 Å². The van der Waals surface area contributed by atoms with Gasteiger partial charge in [-0.3, -0.25) is 14.8 Å². The van der Waals surface area contributed by atoms with Gasteiger partial charge in [-0.2, -0.15) is 5.10 Å². The largest absolute Gasteiger partial charge is 0.458 e. The molecule has 6 nitrogen and oxygen atoms in total. The fourth-order valence-electron chi connectivity index (χ4n) is 4.00. The molecule has 5 rings (SSSR count). The van der Waals surface area contributed by atoms with E-state index in [0.29, 0.717) is 11.9 Å². The lowest BCUT2D eigenvalue weighted by molar-refractivity contribution is -0.139. The molecular formula is C20H26N4O2. The molecule has 1 N–H and O–H groups in total. The number of H-pyrrole nitrogens is 1. The van der Waals surface area contributed by atoms with Gasteiger partial charge in [0.05, 0.1) is 12.5 Å². The van der Waals surface area contributed by atoms with Gasteiger partial charge in [0.25, 0.3) is 0 Å². The third kappa shape index (κ3) is 3.46. The van der Waals surface area contributed by atoms with Crippen molar-refractivity contribution >= 4 is 5.91 Å². The smallest absolute Gasteiger partial charge is 0.227 e. The number of nitrogens with zero attached hydrogens (tertiary/aromatic N) is 3. The van der Waals surface area contributed by atoms with E-state index in [2.05, 4.69) is 39.9 Å². The summed E-state index contributed by atoms with van der Waals surface area (Å²) in [6.45, 7) is 7.38. The van der Waals surface area contributed by atoms with Crippen molar-refractivity contribution in [2.24, 2.45) is 5.92 Å². The number of hydrogen-bond donors (Lipinski definition) is 1. The topological polar surface area (TPSA) is 65.4 Å². The summed E-state index contributed by atoms with van der Waals surface area (Å²) in [5, 5.41) is 6.89. The first-order chi connectivity index (χ1) is 12.6. The summed E-state index contributed by atoms with van der Waals surface area (Å²) < 4.78 is 5.97. The van der Waals surface area contributed by atoms with Crippen molar-refractivity contribution in [3.05, 3.63) is 41.8 Å². The molecule has 0 unspecified atom stereocenters. The Hall–Kier alpha value is -2.34. The molecular weight excluding hydrogens is 328 g/mol. The highest BCUT2D eigenvalue weighted by Crippen LogP contribution is 2.30. The van der Waals surface area contributed by atoms with E-state index >= 15 is 0 Å². The first-order valence-corrected chi connectivity index (χ1v) is 9.35. The lowest BCUT2D eigenvalue weighted by Gasteiger charge is -2.35. The van der Waals surface area contributed by atoms with Crippen LogP contribution >= 0.6 is 0 Å². The Morgan fingerprint density at radius 1 is 1.31 bits per heavy atom. The number of rotatable bonds is 5. The van der Waals surface area contributed by atoms with E-state index in [1.807, 2.05) is 18.2 Å². The van der Waals surface area contributed by atoms with Crippen LogP contribution in [0.5, 0.6) is 0 Å². The van der Waals surface area contributed by atoms with Crippen molar-refractivity contribution in [3.8, 4) is 11.5 Å². The Balaban J connectivity index is 1.46. The number of furan rings is 1. The average Bonchev–Trinajstić information content (AvgIpc) is 3.22. The van der Waals surface area contributed by atoms with Crippen LogP contribution in [0, 0.1) is 5.92 Å². The van der Waals surface area contributed by atoms with E-state index in [9.17, 15) is 4.79 Å². The molecule has 2 aromatic rings. The fraction of sp³-hybridized carbons (Fsp3) is 0.500. The van der Waals surface area contributed by atoms with Crippen LogP contribution < -0.4 is 0 Å². The van der Waals surface area contributed by atoms with Crippen LogP contribution in [0.4, 0.5) is 0 Å². The van der Waals surface area contributed by atoms with Gasteiger partial charge in [-0.05, 0) is 44.9 Å². The van der Waals surface area contributed by atoms with Crippen LogP contribution in [0.2, 0.25) is 0 Å². The van der Waals surface area contributed by atoms with E-state index in [1.54, 1.807) is 6.20 Å². The van der Waals surface area contributed by atoms with E-state index in [0.717, 1.165) is 56.2 Å². The number of aromatic nitrogens is 2. The number of fused-ring (bicyclic) bond motifs is 4. The number of carbonyl (C=O) groups is 1. The molecule has 3 fully saturated rings. The Labute approximate surface area is 153 Å². The van der Waals surface area contributed by atoms with Crippen LogP contribution in [0.3, 0.4) is 0 Å². The van der Waals surface area contributed by atoms with Crippen LogP contribution in [-0.2, 0) is 11.3 Å². The molecule has 0 aromatic carbocycles. The molecule has 138 valence electrons. The number of aromatic amines is 1. The molecule has 0 radical (unpaired) electrons. The molecule has 1 amide bonds. The van der Waals surface area contributed by atoms with Crippen molar-refractivity contribution in [2.45, 2.75) is 39.3 Å². The second kappa shape index (κ2) is 7.11. The molecule has 0 saturated carbocycles. The molecule has 3 aliphatic heterocycles. The molecule has 0 aliphatic carbocycles. The molecule has 2 aromatic heterocycles. The summed E-state index contributed by atoms with van der Waals surface area (Å²) in [4.78, 5) is 17.3. The highest BCUT2D eigenvalue weighted by Gasteiger charge is 2.40. The van der Waals surface area contributed by atoms with Gasteiger partial charge in [0, 0.05) is 31.9 Å². The van der Waals surface area contributed by atoms with Gasteiger partial charge in [0.15, 0.2) is 5.76 Å². The van der Waals surface area contributed by atoms with E-state index < -0.39 is 0 Å². The molecule has 2 atom stereocenters. The van der Waals surface area contributed by atoms with Crippen molar-refractivity contribution in [1.29, 1.82) is 0 Å². The summed E-state index contributed by atoms with van der Waals surface area (Å²) in [6, 6.07) is 6.20. The van der Waals surface area contributed by atoms with Crippen LogP contribution in [0.15, 0.2) is 40.5 Å².